The molecule has 0 amide bonds. The largest absolute Gasteiger partial charge is 0.509 e. The van der Waals surface area contributed by atoms with Gasteiger partial charge in [-0.05, 0) is 44.2 Å². The molecule has 4 heteroatoms. The van der Waals surface area contributed by atoms with Gasteiger partial charge in [0.15, 0.2) is 5.60 Å². The first kappa shape index (κ1) is 13.0. The third-order valence-corrected chi connectivity index (χ3v) is 5.24. The maximum Gasteiger partial charge on any atom is 0.509 e. The van der Waals surface area contributed by atoms with Crippen LogP contribution in [0.3, 0.4) is 0 Å². The molecule has 1 fully saturated rings. The van der Waals surface area contributed by atoms with Crippen molar-refractivity contribution in [3.63, 3.8) is 0 Å². The highest BCUT2D eigenvalue weighted by Gasteiger charge is 2.55. The van der Waals surface area contributed by atoms with E-state index < -0.39 is 11.8 Å². The van der Waals surface area contributed by atoms with Gasteiger partial charge in [0.25, 0.3) is 0 Å². The van der Waals surface area contributed by atoms with E-state index in [1.807, 2.05) is 25.1 Å². The van der Waals surface area contributed by atoms with Gasteiger partial charge in [0.2, 0.25) is 0 Å². The molecule has 3 nitrogen and oxygen atoms in total. The predicted molar refractivity (Wildman–Crippen MR) is 80.9 cm³/mol. The fraction of sp³-hybridized carbons (Fsp3) is 0.400. The highest BCUT2D eigenvalue weighted by atomic mass is 127. The minimum absolute atomic E-state index is 0.118. The Hall–Kier alpha value is -1.04. The van der Waals surface area contributed by atoms with Crippen LogP contribution in [0.5, 0.6) is 0 Å². The molecular formula is C15H15IO3. The van der Waals surface area contributed by atoms with Crippen LogP contribution in [0, 0.1) is 5.92 Å². The summed E-state index contributed by atoms with van der Waals surface area (Å²) in [6, 6.07) is 10.3. The monoisotopic (exact) mass is 370 g/mol. The second-order valence-electron chi connectivity index (χ2n) is 5.25. The van der Waals surface area contributed by atoms with Gasteiger partial charge in [-0.1, -0.05) is 37.3 Å². The minimum Gasteiger partial charge on any atom is -0.426 e. The van der Waals surface area contributed by atoms with Crippen molar-refractivity contribution in [2.24, 2.45) is 5.92 Å². The molecule has 3 atom stereocenters. The first-order valence-corrected chi connectivity index (χ1v) is 7.44. The van der Waals surface area contributed by atoms with Crippen molar-refractivity contribution in [3.05, 3.63) is 39.5 Å². The number of carbonyl (C=O) groups is 1. The van der Waals surface area contributed by atoms with Crippen LogP contribution in [-0.4, -0.2) is 17.9 Å². The Balaban J connectivity index is 2.06. The normalized spacial score (nSPS) is 33.7. The zero-order valence-corrected chi connectivity index (χ0v) is 13.0. The Bertz CT molecular complexity index is 552. The van der Waals surface area contributed by atoms with Crippen LogP contribution >= 0.6 is 22.6 Å². The molecule has 0 bridgehead atoms. The molecule has 0 spiro atoms. The molecule has 2 aliphatic rings. The van der Waals surface area contributed by atoms with Gasteiger partial charge in [0, 0.05) is 12.3 Å². The molecule has 19 heavy (non-hydrogen) atoms. The standard InChI is InChI=1S/C15H15IO3/c1-9-13(10-6-4-3-5-7-10)11(16)8-12-15(9,2)19-14(17)18-12/h3-7,9,12H,8H2,1-2H3/t9-,12-,15+/m0/s1. The van der Waals surface area contributed by atoms with E-state index in [0.29, 0.717) is 0 Å². The summed E-state index contributed by atoms with van der Waals surface area (Å²) in [6.07, 6.45) is 0.0180. The van der Waals surface area contributed by atoms with Crippen LogP contribution in [0.25, 0.3) is 5.57 Å². The second kappa shape index (κ2) is 4.51. The quantitative estimate of drug-likeness (QED) is 0.550. The first-order valence-electron chi connectivity index (χ1n) is 6.36. The summed E-state index contributed by atoms with van der Waals surface area (Å²) < 4.78 is 12.0. The molecule has 0 saturated carbocycles. The number of fused-ring (bicyclic) bond motifs is 1. The summed E-state index contributed by atoms with van der Waals surface area (Å²) in [5.74, 6) is 0.118. The molecule has 0 N–H and O–H groups in total. The van der Waals surface area contributed by atoms with Crippen LogP contribution in [0.2, 0.25) is 0 Å². The first-order chi connectivity index (χ1) is 9.02. The van der Waals surface area contributed by atoms with E-state index in [9.17, 15) is 4.79 Å². The average molecular weight is 370 g/mol. The molecule has 1 aromatic carbocycles. The van der Waals surface area contributed by atoms with Crippen LogP contribution in [0.1, 0.15) is 25.8 Å². The Kier molecular flexibility index (Phi) is 3.08. The van der Waals surface area contributed by atoms with Gasteiger partial charge >= 0.3 is 6.16 Å². The van der Waals surface area contributed by atoms with Gasteiger partial charge in [0.1, 0.15) is 6.10 Å². The van der Waals surface area contributed by atoms with Crippen molar-refractivity contribution in [2.75, 3.05) is 0 Å². The lowest BCUT2D eigenvalue weighted by Crippen LogP contribution is -2.46. The van der Waals surface area contributed by atoms with Crippen molar-refractivity contribution in [3.8, 4) is 0 Å². The fourth-order valence-corrected chi connectivity index (χ4v) is 4.11. The van der Waals surface area contributed by atoms with E-state index in [0.717, 1.165) is 6.42 Å². The summed E-state index contributed by atoms with van der Waals surface area (Å²) in [5, 5.41) is 0. The van der Waals surface area contributed by atoms with Crippen LogP contribution < -0.4 is 0 Å². The highest BCUT2D eigenvalue weighted by molar-refractivity contribution is 14.1. The minimum atomic E-state index is -0.559. The highest BCUT2D eigenvalue weighted by Crippen LogP contribution is 2.50. The Morgan fingerprint density at radius 2 is 2.00 bits per heavy atom. The Morgan fingerprint density at radius 1 is 1.32 bits per heavy atom. The number of hydrogen-bond donors (Lipinski definition) is 0. The number of ether oxygens (including phenoxy) is 2. The SMILES string of the molecule is C[C@H]1C(c2ccccc2)=C(I)C[C@@H]2OC(=O)O[C@@]21C. The lowest BCUT2D eigenvalue weighted by Gasteiger charge is -2.39. The van der Waals surface area contributed by atoms with Crippen LogP contribution in [0.4, 0.5) is 4.79 Å². The lowest BCUT2D eigenvalue weighted by molar-refractivity contribution is 0.0134. The summed E-state index contributed by atoms with van der Waals surface area (Å²) >= 11 is 2.36. The zero-order chi connectivity index (χ0) is 13.6. The number of benzene rings is 1. The zero-order valence-electron chi connectivity index (χ0n) is 10.9. The van der Waals surface area contributed by atoms with Crippen molar-refractivity contribution >= 4 is 34.3 Å². The molecule has 1 heterocycles. The maximum absolute atomic E-state index is 11.4. The fourth-order valence-electron chi connectivity index (χ4n) is 2.93. The smallest absolute Gasteiger partial charge is 0.426 e. The molecule has 1 aromatic rings. The Labute approximate surface area is 126 Å². The summed E-state index contributed by atoms with van der Waals surface area (Å²) in [7, 11) is 0. The number of halogens is 1. The van der Waals surface area contributed by atoms with E-state index in [-0.39, 0.29) is 12.0 Å². The van der Waals surface area contributed by atoms with Gasteiger partial charge in [-0.25, -0.2) is 4.79 Å². The van der Waals surface area contributed by atoms with Crippen LogP contribution in [-0.2, 0) is 9.47 Å². The topological polar surface area (TPSA) is 35.5 Å². The molecule has 100 valence electrons. The predicted octanol–water partition coefficient (Wildman–Crippen LogP) is 4.17. The summed E-state index contributed by atoms with van der Waals surface area (Å²) in [5.41, 5.74) is 1.90. The van der Waals surface area contributed by atoms with Crippen molar-refractivity contribution in [1.82, 2.24) is 0 Å². The Morgan fingerprint density at radius 3 is 2.68 bits per heavy atom. The molecule has 1 saturated heterocycles. The van der Waals surface area contributed by atoms with Gasteiger partial charge in [-0.3, -0.25) is 0 Å². The van der Waals surface area contributed by atoms with Gasteiger partial charge in [-0.15, -0.1) is 0 Å². The van der Waals surface area contributed by atoms with Gasteiger partial charge in [0.05, 0.1) is 0 Å². The molecule has 0 aromatic heterocycles. The molecule has 0 unspecified atom stereocenters. The third-order valence-electron chi connectivity index (χ3n) is 4.22. The number of carbonyl (C=O) groups excluding carboxylic acids is 1. The van der Waals surface area contributed by atoms with E-state index in [1.54, 1.807) is 0 Å². The van der Waals surface area contributed by atoms with Gasteiger partial charge in [-0.2, -0.15) is 0 Å². The van der Waals surface area contributed by atoms with E-state index in [2.05, 4.69) is 41.6 Å². The third kappa shape index (κ3) is 1.96. The van der Waals surface area contributed by atoms with E-state index in [4.69, 9.17) is 9.47 Å². The maximum atomic E-state index is 11.4. The lowest BCUT2D eigenvalue weighted by atomic mass is 9.73. The van der Waals surface area contributed by atoms with Gasteiger partial charge < -0.3 is 9.47 Å². The molecule has 3 rings (SSSR count). The van der Waals surface area contributed by atoms with Crippen molar-refractivity contribution in [2.45, 2.75) is 32.0 Å². The summed E-state index contributed by atoms with van der Waals surface area (Å²) in [6.45, 7) is 4.08. The van der Waals surface area contributed by atoms with Crippen LogP contribution in [0.15, 0.2) is 33.9 Å². The number of rotatable bonds is 1. The van der Waals surface area contributed by atoms with E-state index >= 15 is 0 Å². The molecule has 1 aliphatic heterocycles. The molecule has 1 aliphatic carbocycles. The van der Waals surface area contributed by atoms with E-state index in [1.165, 1.54) is 14.7 Å². The molecular weight excluding hydrogens is 355 g/mol. The molecule has 0 radical (unpaired) electrons. The van der Waals surface area contributed by atoms with Crippen molar-refractivity contribution in [1.29, 1.82) is 0 Å². The second-order valence-corrected chi connectivity index (χ2v) is 6.55. The van der Waals surface area contributed by atoms with Crippen molar-refractivity contribution < 1.29 is 14.3 Å². The number of hydrogen-bond acceptors (Lipinski definition) is 3. The summed E-state index contributed by atoms with van der Waals surface area (Å²) in [4.78, 5) is 11.4. The average Bonchev–Trinajstić information content (AvgIpc) is 2.66.